The van der Waals surface area contributed by atoms with E-state index >= 15 is 0 Å². The Morgan fingerprint density at radius 2 is 1.47 bits per heavy atom. The quantitative estimate of drug-likeness (QED) is 0.825. The second-order valence-electron chi connectivity index (χ2n) is 6.67. The van der Waals surface area contributed by atoms with Crippen molar-refractivity contribution in [1.82, 2.24) is 5.32 Å². The highest BCUT2D eigenvalue weighted by Gasteiger charge is 2.20. The van der Waals surface area contributed by atoms with Gasteiger partial charge >= 0.3 is 0 Å². The van der Waals surface area contributed by atoms with Crippen LogP contribution in [0.2, 0.25) is 0 Å². The van der Waals surface area contributed by atoms with Crippen LogP contribution in [0.5, 0.6) is 0 Å². The summed E-state index contributed by atoms with van der Waals surface area (Å²) in [5, 5.41) is 3.52. The molecule has 0 spiro atoms. The van der Waals surface area contributed by atoms with Crippen LogP contribution in [-0.2, 0) is 0 Å². The zero-order chi connectivity index (χ0) is 13.1. The largest absolute Gasteiger partial charge is 0.316 e. The van der Waals surface area contributed by atoms with E-state index < -0.39 is 0 Å². The molecule has 2 aliphatic rings. The summed E-state index contributed by atoms with van der Waals surface area (Å²) in [7, 11) is 0. The lowest BCUT2D eigenvalue weighted by Crippen LogP contribution is -2.28. The zero-order valence-corrected chi connectivity index (χ0v) is 12.2. The van der Waals surface area contributed by atoms with Gasteiger partial charge in [0.05, 0.1) is 0 Å². The molecule has 104 valence electrons. The molecule has 0 aromatic heterocycles. The molecular weight excluding hydrogens is 230 g/mol. The predicted molar refractivity (Wildman–Crippen MR) is 81.7 cm³/mol. The van der Waals surface area contributed by atoms with E-state index in [0.29, 0.717) is 0 Å². The lowest BCUT2D eigenvalue weighted by Gasteiger charge is -2.27. The molecule has 1 aromatic carbocycles. The van der Waals surface area contributed by atoms with Gasteiger partial charge < -0.3 is 5.32 Å². The molecule has 0 radical (unpaired) electrons. The van der Waals surface area contributed by atoms with Gasteiger partial charge in [-0.2, -0.15) is 0 Å². The van der Waals surface area contributed by atoms with Crippen LogP contribution in [0.3, 0.4) is 0 Å². The Kier molecular flexibility index (Phi) is 4.22. The lowest BCUT2D eigenvalue weighted by atomic mass is 9.79. The number of rotatable bonds is 2. The Hall–Kier alpha value is -0.820. The first-order chi connectivity index (χ1) is 9.33. The van der Waals surface area contributed by atoms with Crippen LogP contribution in [0, 0.1) is 5.92 Å². The fraction of sp³-hybridized carbons (Fsp3) is 0.667. The van der Waals surface area contributed by atoms with E-state index in [0.717, 1.165) is 17.8 Å². The van der Waals surface area contributed by atoms with Gasteiger partial charge in [0.2, 0.25) is 0 Å². The molecule has 1 aromatic rings. The van der Waals surface area contributed by atoms with Gasteiger partial charge in [-0.1, -0.05) is 44.0 Å². The molecule has 3 rings (SSSR count). The lowest BCUT2D eigenvalue weighted by molar-refractivity contribution is 0.348. The van der Waals surface area contributed by atoms with Crippen LogP contribution < -0.4 is 5.32 Å². The third kappa shape index (κ3) is 3.20. The van der Waals surface area contributed by atoms with Crippen molar-refractivity contribution in [2.75, 3.05) is 13.1 Å². The second kappa shape index (κ2) is 6.09. The average molecular weight is 257 g/mol. The molecule has 19 heavy (non-hydrogen) atoms. The summed E-state index contributed by atoms with van der Waals surface area (Å²) < 4.78 is 0. The van der Waals surface area contributed by atoms with Gasteiger partial charge in [0.15, 0.2) is 0 Å². The van der Waals surface area contributed by atoms with Gasteiger partial charge in [-0.05, 0) is 61.1 Å². The molecule has 1 heteroatoms. The second-order valence-corrected chi connectivity index (χ2v) is 6.67. The van der Waals surface area contributed by atoms with Gasteiger partial charge in [-0.15, -0.1) is 0 Å². The van der Waals surface area contributed by atoms with E-state index in [1.807, 2.05) is 0 Å². The van der Waals surface area contributed by atoms with Crippen LogP contribution in [0.4, 0.5) is 0 Å². The first-order valence-electron chi connectivity index (χ1n) is 8.13. The molecule has 1 heterocycles. The van der Waals surface area contributed by atoms with E-state index in [9.17, 15) is 0 Å². The van der Waals surface area contributed by atoms with E-state index in [-0.39, 0.29) is 0 Å². The Balaban J connectivity index is 1.65. The molecule has 1 saturated heterocycles. The SMILES string of the molecule is CC1CCC(c2ccc(C3CCCNC3)cc2)CC1. The summed E-state index contributed by atoms with van der Waals surface area (Å²) in [6.45, 7) is 4.77. The standard InChI is InChI=1S/C18H27N/c1-14-4-6-15(7-5-14)16-8-10-17(11-9-16)18-3-2-12-19-13-18/h8-11,14-15,18-19H,2-7,12-13H2,1H3. The van der Waals surface area contributed by atoms with Crippen molar-refractivity contribution in [3.63, 3.8) is 0 Å². The molecule has 1 aliphatic heterocycles. The third-order valence-electron chi connectivity index (χ3n) is 5.19. The first kappa shape index (κ1) is 13.2. The molecule has 1 N–H and O–H groups in total. The maximum absolute atomic E-state index is 3.52. The van der Waals surface area contributed by atoms with Gasteiger partial charge in [0.1, 0.15) is 0 Å². The number of benzene rings is 1. The fourth-order valence-electron chi connectivity index (χ4n) is 3.77. The smallest absolute Gasteiger partial charge is 0.00201 e. The summed E-state index contributed by atoms with van der Waals surface area (Å²) in [5.74, 6) is 2.52. The Labute approximate surface area is 117 Å². The molecule has 1 nitrogen and oxygen atoms in total. The van der Waals surface area contributed by atoms with Gasteiger partial charge in [-0.3, -0.25) is 0 Å². The van der Waals surface area contributed by atoms with Gasteiger partial charge in [0.25, 0.3) is 0 Å². The molecule has 0 amide bonds. The number of piperidine rings is 1. The van der Waals surface area contributed by atoms with Gasteiger partial charge in [-0.25, -0.2) is 0 Å². The Morgan fingerprint density at radius 3 is 2.05 bits per heavy atom. The molecule has 1 saturated carbocycles. The molecule has 0 bridgehead atoms. The van der Waals surface area contributed by atoms with Crippen LogP contribution in [-0.4, -0.2) is 13.1 Å². The minimum atomic E-state index is 0.745. The highest BCUT2D eigenvalue weighted by Crippen LogP contribution is 2.36. The van der Waals surface area contributed by atoms with Crippen LogP contribution in [0.15, 0.2) is 24.3 Å². The minimum absolute atomic E-state index is 0.745. The van der Waals surface area contributed by atoms with Crippen molar-refractivity contribution in [2.24, 2.45) is 5.92 Å². The highest BCUT2D eigenvalue weighted by atomic mass is 14.9. The third-order valence-corrected chi connectivity index (χ3v) is 5.19. The van der Waals surface area contributed by atoms with Crippen LogP contribution in [0.25, 0.3) is 0 Å². The molecule has 1 atom stereocenters. The van der Waals surface area contributed by atoms with Crippen LogP contribution in [0.1, 0.15) is 68.4 Å². The van der Waals surface area contributed by atoms with E-state index in [1.54, 1.807) is 11.1 Å². The first-order valence-corrected chi connectivity index (χ1v) is 8.13. The summed E-state index contributed by atoms with van der Waals surface area (Å²) >= 11 is 0. The number of hydrogen-bond acceptors (Lipinski definition) is 1. The van der Waals surface area contributed by atoms with E-state index in [4.69, 9.17) is 0 Å². The molecular formula is C18H27N. The number of hydrogen-bond donors (Lipinski definition) is 1. The summed E-state index contributed by atoms with van der Waals surface area (Å²) in [4.78, 5) is 0. The van der Waals surface area contributed by atoms with Crippen molar-refractivity contribution in [1.29, 1.82) is 0 Å². The van der Waals surface area contributed by atoms with E-state index in [2.05, 4.69) is 36.5 Å². The predicted octanol–water partition coefficient (Wildman–Crippen LogP) is 4.45. The number of nitrogens with one attached hydrogen (secondary N) is 1. The molecule has 2 fully saturated rings. The molecule has 1 aliphatic carbocycles. The fourth-order valence-corrected chi connectivity index (χ4v) is 3.77. The van der Waals surface area contributed by atoms with Crippen molar-refractivity contribution in [3.05, 3.63) is 35.4 Å². The highest BCUT2D eigenvalue weighted by molar-refractivity contribution is 5.28. The van der Waals surface area contributed by atoms with E-state index in [1.165, 1.54) is 51.6 Å². The molecule has 1 unspecified atom stereocenters. The monoisotopic (exact) mass is 257 g/mol. The normalized spacial score (nSPS) is 32.2. The van der Waals surface area contributed by atoms with Crippen molar-refractivity contribution in [2.45, 2.75) is 57.3 Å². The summed E-state index contributed by atoms with van der Waals surface area (Å²) in [6.07, 6.45) is 8.30. The van der Waals surface area contributed by atoms with Crippen molar-refractivity contribution < 1.29 is 0 Å². The van der Waals surface area contributed by atoms with Crippen molar-refractivity contribution >= 4 is 0 Å². The minimum Gasteiger partial charge on any atom is -0.316 e. The maximum Gasteiger partial charge on any atom is 0.00201 e. The Morgan fingerprint density at radius 1 is 0.842 bits per heavy atom. The average Bonchev–Trinajstić information content (AvgIpc) is 2.49. The summed E-state index contributed by atoms with van der Waals surface area (Å²) in [5.41, 5.74) is 3.12. The zero-order valence-electron chi connectivity index (χ0n) is 12.2. The summed E-state index contributed by atoms with van der Waals surface area (Å²) in [6, 6.07) is 9.60. The van der Waals surface area contributed by atoms with Crippen molar-refractivity contribution in [3.8, 4) is 0 Å². The van der Waals surface area contributed by atoms with Gasteiger partial charge in [0, 0.05) is 6.54 Å². The Bertz CT molecular complexity index is 381. The van der Waals surface area contributed by atoms with Crippen LogP contribution >= 0.6 is 0 Å². The topological polar surface area (TPSA) is 12.0 Å². The maximum atomic E-state index is 3.52.